The Hall–Kier alpha value is -2.62. The number of para-hydroxylation sites is 2. The van der Waals surface area contributed by atoms with Crippen LogP contribution in [0.4, 0.5) is 11.4 Å². The fourth-order valence-corrected chi connectivity index (χ4v) is 3.27. The van der Waals surface area contributed by atoms with E-state index in [2.05, 4.69) is 19.2 Å². The van der Waals surface area contributed by atoms with Crippen LogP contribution in [0.1, 0.15) is 37.8 Å². The van der Waals surface area contributed by atoms with E-state index in [9.17, 15) is 9.59 Å². The lowest BCUT2D eigenvalue weighted by molar-refractivity contribution is -0.134. The van der Waals surface area contributed by atoms with Gasteiger partial charge in [0, 0.05) is 17.4 Å². The molecule has 4 nitrogen and oxygen atoms in total. The van der Waals surface area contributed by atoms with E-state index < -0.39 is 11.8 Å². The molecular formula is C20H22N2O2. The van der Waals surface area contributed by atoms with Gasteiger partial charge in [-0.05, 0) is 42.5 Å². The topological polar surface area (TPSA) is 49.4 Å². The molecule has 2 amide bonds. The second kappa shape index (κ2) is 6.48. The third-order valence-corrected chi connectivity index (χ3v) is 4.45. The summed E-state index contributed by atoms with van der Waals surface area (Å²) >= 11 is 0. The highest BCUT2D eigenvalue weighted by molar-refractivity contribution is 6.44. The summed E-state index contributed by atoms with van der Waals surface area (Å²) in [5, 5.41) is 2.79. The van der Waals surface area contributed by atoms with E-state index in [1.165, 1.54) is 0 Å². The van der Waals surface area contributed by atoms with Gasteiger partial charge in [0.15, 0.2) is 0 Å². The number of anilines is 2. The fraction of sp³-hybridized carbons (Fsp3) is 0.300. The Morgan fingerprint density at radius 1 is 1.08 bits per heavy atom. The van der Waals surface area contributed by atoms with E-state index in [1.807, 2.05) is 55.5 Å². The van der Waals surface area contributed by atoms with Gasteiger partial charge in [0.05, 0.1) is 0 Å². The van der Waals surface area contributed by atoms with Crippen LogP contribution in [0.3, 0.4) is 0 Å². The van der Waals surface area contributed by atoms with Crippen LogP contribution in [0, 0.1) is 0 Å². The van der Waals surface area contributed by atoms with E-state index in [1.54, 1.807) is 4.90 Å². The number of hydrogen-bond donors (Lipinski definition) is 1. The number of carbonyl (C=O) groups excluding carboxylic acids is 2. The molecule has 2 aromatic rings. The third-order valence-electron chi connectivity index (χ3n) is 4.45. The van der Waals surface area contributed by atoms with Crippen molar-refractivity contribution < 1.29 is 9.59 Å². The molecule has 3 rings (SSSR count). The molecule has 1 aliphatic rings. The van der Waals surface area contributed by atoms with Gasteiger partial charge in [-0.2, -0.15) is 0 Å². The van der Waals surface area contributed by atoms with E-state index in [-0.39, 0.29) is 12.0 Å². The zero-order chi connectivity index (χ0) is 17.3. The van der Waals surface area contributed by atoms with Crippen molar-refractivity contribution in [2.24, 2.45) is 0 Å². The van der Waals surface area contributed by atoms with E-state index in [0.717, 1.165) is 23.2 Å². The van der Waals surface area contributed by atoms with E-state index in [4.69, 9.17) is 0 Å². The molecule has 0 spiro atoms. The highest BCUT2D eigenvalue weighted by Gasteiger charge is 2.34. The van der Waals surface area contributed by atoms with Crippen LogP contribution in [0.25, 0.3) is 0 Å². The van der Waals surface area contributed by atoms with Crippen LogP contribution in [0.5, 0.6) is 0 Å². The molecule has 2 aromatic carbocycles. The lowest BCUT2D eigenvalue weighted by Gasteiger charge is -2.22. The van der Waals surface area contributed by atoms with Crippen LogP contribution in [0.15, 0.2) is 48.5 Å². The molecule has 0 saturated carbocycles. The molecular weight excluding hydrogens is 300 g/mol. The number of rotatable bonds is 2. The maximum absolute atomic E-state index is 12.7. The second-order valence-electron chi connectivity index (χ2n) is 6.55. The molecule has 0 radical (unpaired) electrons. The first kappa shape index (κ1) is 16.2. The van der Waals surface area contributed by atoms with Gasteiger partial charge in [0.1, 0.15) is 0 Å². The van der Waals surface area contributed by atoms with Gasteiger partial charge in [-0.1, -0.05) is 50.2 Å². The van der Waals surface area contributed by atoms with Crippen molar-refractivity contribution in [3.8, 4) is 0 Å². The zero-order valence-corrected chi connectivity index (χ0v) is 14.2. The first-order valence-electron chi connectivity index (χ1n) is 8.30. The van der Waals surface area contributed by atoms with Gasteiger partial charge in [-0.15, -0.1) is 0 Å². The summed E-state index contributed by atoms with van der Waals surface area (Å²) in [6, 6.07) is 15.3. The van der Waals surface area contributed by atoms with Crippen molar-refractivity contribution in [3.05, 3.63) is 59.7 Å². The molecule has 24 heavy (non-hydrogen) atoms. The number of nitrogens with one attached hydrogen (secondary N) is 1. The van der Waals surface area contributed by atoms with Crippen molar-refractivity contribution in [2.75, 3.05) is 10.2 Å². The lowest BCUT2D eigenvalue weighted by Crippen LogP contribution is -2.43. The fourth-order valence-electron chi connectivity index (χ4n) is 3.27. The van der Waals surface area contributed by atoms with Gasteiger partial charge >= 0.3 is 11.8 Å². The van der Waals surface area contributed by atoms with Gasteiger partial charge in [-0.25, -0.2) is 0 Å². The molecule has 0 bridgehead atoms. The van der Waals surface area contributed by atoms with Gasteiger partial charge in [0.2, 0.25) is 0 Å². The minimum Gasteiger partial charge on any atom is -0.318 e. The Balaban J connectivity index is 1.83. The summed E-state index contributed by atoms with van der Waals surface area (Å²) in [5.74, 6) is -0.833. The number of nitrogens with zero attached hydrogens (tertiary/aromatic N) is 1. The predicted octanol–water partition coefficient (Wildman–Crippen LogP) is 3.73. The van der Waals surface area contributed by atoms with Crippen molar-refractivity contribution in [1.82, 2.24) is 0 Å². The molecule has 0 fully saturated rings. The first-order chi connectivity index (χ1) is 11.5. The average Bonchev–Trinajstić information content (AvgIpc) is 2.90. The number of benzene rings is 2. The van der Waals surface area contributed by atoms with Crippen LogP contribution in [-0.2, 0) is 16.0 Å². The predicted molar refractivity (Wildman–Crippen MR) is 96.3 cm³/mol. The number of carbonyl (C=O) groups is 2. The molecule has 0 saturated heterocycles. The summed E-state index contributed by atoms with van der Waals surface area (Å²) in [6.07, 6.45) is 0.776. The Morgan fingerprint density at radius 3 is 2.50 bits per heavy atom. The highest BCUT2D eigenvalue weighted by atomic mass is 16.2. The molecule has 0 aromatic heterocycles. The van der Waals surface area contributed by atoms with E-state index >= 15 is 0 Å². The molecule has 124 valence electrons. The summed E-state index contributed by atoms with van der Waals surface area (Å²) in [6.45, 7) is 6.09. The maximum Gasteiger partial charge on any atom is 0.316 e. The maximum atomic E-state index is 12.7. The van der Waals surface area contributed by atoms with Crippen molar-refractivity contribution in [1.29, 1.82) is 0 Å². The summed E-state index contributed by atoms with van der Waals surface area (Å²) in [5.41, 5.74) is 3.66. The summed E-state index contributed by atoms with van der Waals surface area (Å²) in [7, 11) is 0. The zero-order valence-electron chi connectivity index (χ0n) is 14.2. The van der Waals surface area contributed by atoms with E-state index in [0.29, 0.717) is 5.69 Å². The third kappa shape index (κ3) is 2.92. The molecule has 1 aliphatic heterocycles. The Kier molecular flexibility index (Phi) is 4.38. The first-order valence-corrected chi connectivity index (χ1v) is 8.30. The lowest BCUT2D eigenvalue weighted by atomic mass is 10.0. The summed E-state index contributed by atoms with van der Waals surface area (Å²) in [4.78, 5) is 26.8. The second-order valence-corrected chi connectivity index (χ2v) is 6.55. The van der Waals surface area contributed by atoms with Crippen LogP contribution >= 0.6 is 0 Å². The Bertz CT molecular complexity index is 783. The van der Waals surface area contributed by atoms with Crippen LogP contribution < -0.4 is 10.2 Å². The molecule has 4 heteroatoms. The van der Waals surface area contributed by atoms with Gasteiger partial charge in [0.25, 0.3) is 0 Å². The molecule has 0 aliphatic carbocycles. The summed E-state index contributed by atoms with van der Waals surface area (Å²) < 4.78 is 0. The van der Waals surface area contributed by atoms with Crippen LogP contribution in [-0.4, -0.2) is 17.9 Å². The van der Waals surface area contributed by atoms with Gasteiger partial charge < -0.3 is 10.2 Å². The SMILES string of the molecule is CC(C)c1ccccc1NC(=O)C(=O)N1c2ccccc2CC1C. The number of fused-ring (bicyclic) bond motifs is 1. The minimum absolute atomic E-state index is 0.0130. The highest BCUT2D eigenvalue weighted by Crippen LogP contribution is 2.32. The Labute approximate surface area is 142 Å². The molecule has 1 atom stereocenters. The standard InChI is InChI=1S/C20H22N2O2/c1-13(2)16-9-5-6-10-17(16)21-19(23)20(24)22-14(3)12-15-8-4-7-11-18(15)22/h4-11,13-14H,12H2,1-3H3,(H,21,23). The average molecular weight is 322 g/mol. The monoisotopic (exact) mass is 322 g/mol. The molecule has 1 heterocycles. The van der Waals surface area contributed by atoms with Crippen LogP contribution in [0.2, 0.25) is 0 Å². The van der Waals surface area contributed by atoms with Gasteiger partial charge in [-0.3, -0.25) is 9.59 Å². The Morgan fingerprint density at radius 2 is 1.75 bits per heavy atom. The normalized spacial score (nSPS) is 16.2. The molecule has 1 unspecified atom stereocenters. The quantitative estimate of drug-likeness (QED) is 0.857. The number of amides is 2. The van der Waals surface area contributed by atoms with Crippen molar-refractivity contribution in [2.45, 2.75) is 39.2 Å². The smallest absolute Gasteiger partial charge is 0.316 e. The van der Waals surface area contributed by atoms with Crippen molar-refractivity contribution in [3.63, 3.8) is 0 Å². The van der Waals surface area contributed by atoms with Crippen molar-refractivity contribution >= 4 is 23.2 Å². The largest absolute Gasteiger partial charge is 0.318 e. The minimum atomic E-state index is -0.591. The molecule has 1 N–H and O–H groups in total. The number of hydrogen-bond acceptors (Lipinski definition) is 2.